The number of hydrogen-bond donors (Lipinski definition) is 1. The van der Waals surface area contributed by atoms with Crippen LogP contribution in [0.15, 0.2) is 30.3 Å². The topological polar surface area (TPSA) is 12.0 Å². The first kappa shape index (κ1) is 9.41. The maximum Gasteiger partial charge on any atom is 0.00111 e. The molecule has 2 atom stereocenters. The van der Waals surface area contributed by atoms with E-state index in [1.165, 1.54) is 44.3 Å². The minimum Gasteiger partial charge on any atom is -0.316 e. The zero-order valence-corrected chi connectivity index (χ0v) is 9.21. The summed E-state index contributed by atoms with van der Waals surface area (Å²) < 4.78 is 0. The molecule has 0 radical (unpaired) electrons. The Hall–Kier alpha value is -0.820. The second-order valence-corrected chi connectivity index (χ2v) is 5.21. The second-order valence-electron chi connectivity index (χ2n) is 5.21. The lowest BCUT2D eigenvalue weighted by Crippen LogP contribution is -2.11. The summed E-state index contributed by atoms with van der Waals surface area (Å²) in [5, 5.41) is 3.50. The van der Waals surface area contributed by atoms with Crippen molar-refractivity contribution in [3.05, 3.63) is 35.9 Å². The van der Waals surface area contributed by atoms with Gasteiger partial charge in [-0.25, -0.2) is 0 Å². The van der Waals surface area contributed by atoms with E-state index in [1.807, 2.05) is 0 Å². The van der Waals surface area contributed by atoms with Crippen molar-refractivity contribution in [2.24, 2.45) is 11.3 Å². The number of benzene rings is 1. The molecule has 2 fully saturated rings. The number of rotatable bonds is 3. The third kappa shape index (κ3) is 1.81. The highest BCUT2D eigenvalue weighted by molar-refractivity contribution is 5.16. The van der Waals surface area contributed by atoms with Gasteiger partial charge in [-0.05, 0) is 49.1 Å². The Morgan fingerprint density at radius 2 is 2.13 bits per heavy atom. The summed E-state index contributed by atoms with van der Waals surface area (Å²) in [6.45, 7) is 2.54. The highest BCUT2D eigenvalue weighted by Crippen LogP contribution is 2.58. The van der Waals surface area contributed by atoms with Crippen LogP contribution in [0.2, 0.25) is 0 Å². The van der Waals surface area contributed by atoms with Crippen molar-refractivity contribution in [3.8, 4) is 0 Å². The lowest BCUT2D eigenvalue weighted by atomic mass is 9.99. The van der Waals surface area contributed by atoms with Gasteiger partial charge in [-0.2, -0.15) is 0 Å². The largest absolute Gasteiger partial charge is 0.316 e. The lowest BCUT2D eigenvalue weighted by Gasteiger charge is -2.06. The minimum absolute atomic E-state index is 0.731. The van der Waals surface area contributed by atoms with Gasteiger partial charge in [0.05, 0.1) is 0 Å². The van der Waals surface area contributed by atoms with E-state index in [2.05, 4.69) is 35.6 Å². The van der Waals surface area contributed by atoms with Crippen LogP contribution in [0.3, 0.4) is 0 Å². The van der Waals surface area contributed by atoms with Crippen molar-refractivity contribution in [1.82, 2.24) is 5.32 Å². The molecule has 1 saturated carbocycles. The summed E-state index contributed by atoms with van der Waals surface area (Å²) in [6, 6.07) is 10.9. The van der Waals surface area contributed by atoms with Gasteiger partial charge in [-0.15, -0.1) is 0 Å². The first-order chi connectivity index (χ1) is 7.39. The highest BCUT2D eigenvalue weighted by atomic mass is 14.9. The van der Waals surface area contributed by atoms with Gasteiger partial charge in [-0.1, -0.05) is 30.3 Å². The Labute approximate surface area is 91.9 Å². The normalized spacial score (nSPS) is 33.5. The molecular formula is C14H19N. The molecule has 1 saturated heterocycles. The second kappa shape index (κ2) is 3.64. The van der Waals surface area contributed by atoms with Gasteiger partial charge in [0, 0.05) is 6.54 Å². The van der Waals surface area contributed by atoms with Crippen LogP contribution in [0.5, 0.6) is 0 Å². The maximum atomic E-state index is 3.50. The van der Waals surface area contributed by atoms with Crippen LogP contribution in [0.1, 0.15) is 24.8 Å². The molecule has 0 aromatic heterocycles. The summed E-state index contributed by atoms with van der Waals surface area (Å²) in [6.07, 6.45) is 5.57. The van der Waals surface area contributed by atoms with Crippen LogP contribution in [-0.2, 0) is 6.42 Å². The van der Waals surface area contributed by atoms with Crippen LogP contribution < -0.4 is 5.32 Å². The molecular weight excluding hydrogens is 182 g/mol. The van der Waals surface area contributed by atoms with E-state index in [-0.39, 0.29) is 0 Å². The fraction of sp³-hybridized carbons (Fsp3) is 0.571. The average Bonchev–Trinajstić information content (AvgIpc) is 2.72. The van der Waals surface area contributed by atoms with Gasteiger partial charge in [0.15, 0.2) is 0 Å². The van der Waals surface area contributed by atoms with E-state index in [9.17, 15) is 0 Å². The van der Waals surface area contributed by atoms with Crippen LogP contribution in [-0.4, -0.2) is 13.1 Å². The van der Waals surface area contributed by atoms with Gasteiger partial charge in [0.1, 0.15) is 0 Å². The highest BCUT2D eigenvalue weighted by Gasteiger charge is 2.54. The Morgan fingerprint density at radius 1 is 1.27 bits per heavy atom. The molecule has 1 heterocycles. The van der Waals surface area contributed by atoms with Gasteiger partial charge in [0.25, 0.3) is 0 Å². The van der Waals surface area contributed by atoms with Crippen molar-refractivity contribution in [1.29, 1.82) is 0 Å². The van der Waals surface area contributed by atoms with Crippen molar-refractivity contribution >= 4 is 0 Å². The molecule has 3 rings (SSSR count). The molecule has 1 N–H and O–H groups in total. The monoisotopic (exact) mass is 201 g/mol. The van der Waals surface area contributed by atoms with E-state index in [1.54, 1.807) is 0 Å². The minimum atomic E-state index is 0.731. The van der Waals surface area contributed by atoms with Gasteiger partial charge in [-0.3, -0.25) is 0 Å². The van der Waals surface area contributed by atoms with Gasteiger partial charge < -0.3 is 5.32 Å². The lowest BCUT2D eigenvalue weighted by molar-refractivity contribution is 0.483. The maximum absolute atomic E-state index is 3.50. The van der Waals surface area contributed by atoms with Crippen molar-refractivity contribution in [2.75, 3.05) is 13.1 Å². The summed E-state index contributed by atoms with van der Waals surface area (Å²) in [5.74, 6) is 1.01. The molecule has 2 aliphatic rings. The molecule has 0 bridgehead atoms. The zero-order chi connectivity index (χ0) is 10.1. The summed E-state index contributed by atoms with van der Waals surface area (Å²) in [5.41, 5.74) is 2.24. The van der Waals surface area contributed by atoms with E-state index in [4.69, 9.17) is 0 Å². The van der Waals surface area contributed by atoms with Gasteiger partial charge >= 0.3 is 0 Å². The van der Waals surface area contributed by atoms with Crippen LogP contribution >= 0.6 is 0 Å². The number of aryl methyl sites for hydroxylation is 1. The zero-order valence-electron chi connectivity index (χ0n) is 9.21. The Morgan fingerprint density at radius 3 is 2.87 bits per heavy atom. The molecule has 1 aromatic rings. The Bertz CT molecular complexity index is 324. The molecule has 80 valence electrons. The molecule has 1 aliphatic heterocycles. The predicted octanol–water partition coefficient (Wildman–Crippen LogP) is 2.62. The number of hydrogen-bond acceptors (Lipinski definition) is 1. The predicted molar refractivity (Wildman–Crippen MR) is 62.8 cm³/mol. The molecule has 1 aliphatic carbocycles. The third-order valence-corrected chi connectivity index (χ3v) is 4.26. The summed E-state index contributed by atoms with van der Waals surface area (Å²) in [7, 11) is 0. The van der Waals surface area contributed by atoms with Crippen LogP contribution in [0.25, 0.3) is 0 Å². The average molecular weight is 201 g/mol. The fourth-order valence-corrected chi connectivity index (χ4v) is 3.11. The Balaban J connectivity index is 1.52. The first-order valence-corrected chi connectivity index (χ1v) is 6.14. The number of nitrogens with one attached hydrogen (secondary N) is 1. The molecule has 1 aromatic carbocycles. The van der Waals surface area contributed by atoms with Crippen molar-refractivity contribution in [3.63, 3.8) is 0 Å². The first-order valence-electron chi connectivity index (χ1n) is 6.14. The van der Waals surface area contributed by atoms with E-state index >= 15 is 0 Å². The standard InChI is InChI=1S/C14H19N/c1-2-4-12(5-3-1)6-7-13-10-14(13)8-9-15-11-14/h1-5,13,15H,6-11H2. The molecule has 1 nitrogen and oxygen atoms in total. The molecule has 2 unspecified atom stereocenters. The fourth-order valence-electron chi connectivity index (χ4n) is 3.11. The van der Waals surface area contributed by atoms with E-state index < -0.39 is 0 Å². The van der Waals surface area contributed by atoms with Crippen LogP contribution in [0, 0.1) is 11.3 Å². The van der Waals surface area contributed by atoms with Crippen molar-refractivity contribution in [2.45, 2.75) is 25.7 Å². The molecule has 1 spiro atoms. The van der Waals surface area contributed by atoms with Gasteiger partial charge in [0.2, 0.25) is 0 Å². The summed E-state index contributed by atoms with van der Waals surface area (Å²) in [4.78, 5) is 0. The molecule has 0 amide bonds. The third-order valence-electron chi connectivity index (χ3n) is 4.26. The Kier molecular flexibility index (Phi) is 2.28. The SMILES string of the molecule is c1ccc(CCC2CC23CCNC3)cc1. The molecule has 15 heavy (non-hydrogen) atoms. The quantitative estimate of drug-likeness (QED) is 0.792. The van der Waals surface area contributed by atoms with E-state index in [0.717, 1.165) is 11.3 Å². The van der Waals surface area contributed by atoms with Crippen LogP contribution in [0.4, 0.5) is 0 Å². The van der Waals surface area contributed by atoms with Crippen molar-refractivity contribution < 1.29 is 0 Å². The smallest absolute Gasteiger partial charge is 0.00111 e. The molecule has 1 heteroatoms. The van der Waals surface area contributed by atoms with E-state index in [0.29, 0.717) is 0 Å². The summed E-state index contributed by atoms with van der Waals surface area (Å²) >= 11 is 0.